The summed E-state index contributed by atoms with van der Waals surface area (Å²) < 4.78 is 0. The average molecular weight is 262 g/mol. The Bertz CT molecular complexity index is 403. The Labute approximate surface area is 116 Å². The smallest absolute Gasteiger partial charge is 0.223 e. The average Bonchev–Trinajstić information content (AvgIpc) is 2.38. The van der Waals surface area contributed by atoms with Gasteiger partial charge in [0.05, 0.1) is 0 Å². The Morgan fingerprint density at radius 2 is 2.11 bits per heavy atom. The number of rotatable bonds is 7. The van der Waals surface area contributed by atoms with Crippen LogP contribution >= 0.6 is 0 Å². The maximum atomic E-state index is 12.3. The van der Waals surface area contributed by atoms with Crippen LogP contribution in [0.1, 0.15) is 45.6 Å². The SMILES string of the molecule is CCCN(Cc1cccc(N)c1)C(=O)CC(C)CC. The Kier molecular flexibility index (Phi) is 6.40. The van der Waals surface area contributed by atoms with Crippen LogP contribution in [0.5, 0.6) is 0 Å². The third-order valence-corrected chi connectivity index (χ3v) is 3.39. The number of nitrogen functional groups attached to an aromatic ring is 1. The number of hydrogen-bond donors (Lipinski definition) is 1. The van der Waals surface area contributed by atoms with Gasteiger partial charge in [-0.25, -0.2) is 0 Å². The third-order valence-electron chi connectivity index (χ3n) is 3.39. The lowest BCUT2D eigenvalue weighted by molar-refractivity contribution is -0.132. The van der Waals surface area contributed by atoms with Gasteiger partial charge in [-0.1, -0.05) is 39.3 Å². The standard InChI is InChI=1S/C16H26N2O/c1-4-9-18(16(19)10-13(3)5-2)12-14-7-6-8-15(17)11-14/h6-8,11,13H,4-5,9-10,12,17H2,1-3H3. The van der Waals surface area contributed by atoms with E-state index in [0.29, 0.717) is 18.9 Å². The van der Waals surface area contributed by atoms with Gasteiger partial charge < -0.3 is 10.6 Å². The topological polar surface area (TPSA) is 46.3 Å². The molecule has 3 heteroatoms. The molecule has 0 heterocycles. The number of anilines is 1. The van der Waals surface area contributed by atoms with Gasteiger partial charge in [-0.2, -0.15) is 0 Å². The fourth-order valence-corrected chi connectivity index (χ4v) is 2.05. The first-order valence-electron chi connectivity index (χ1n) is 7.19. The van der Waals surface area contributed by atoms with Gasteiger partial charge in [-0.15, -0.1) is 0 Å². The minimum atomic E-state index is 0.249. The molecule has 1 unspecified atom stereocenters. The van der Waals surface area contributed by atoms with Crippen molar-refractivity contribution < 1.29 is 4.79 Å². The van der Waals surface area contributed by atoms with Crippen molar-refractivity contribution in [2.75, 3.05) is 12.3 Å². The number of benzene rings is 1. The van der Waals surface area contributed by atoms with Crippen molar-refractivity contribution in [2.24, 2.45) is 5.92 Å². The highest BCUT2D eigenvalue weighted by molar-refractivity contribution is 5.76. The Morgan fingerprint density at radius 3 is 2.68 bits per heavy atom. The predicted molar refractivity (Wildman–Crippen MR) is 80.6 cm³/mol. The molecule has 3 nitrogen and oxygen atoms in total. The molecule has 0 aromatic heterocycles. The molecule has 2 N–H and O–H groups in total. The second-order valence-corrected chi connectivity index (χ2v) is 5.28. The largest absolute Gasteiger partial charge is 0.399 e. The lowest BCUT2D eigenvalue weighted by Crippen LogP contribution is -2.32. The number of hydrogen-bond acceptors (Lipinski definition) is 2. The molecular formula is C16H26N2O. The van der Waals surface area contributed by atoms with Crippen LogP contribution in [0.25, 0.3) is 0 Å². The number of carbonyl (C=O) groups excluding carboxylic acids is 1. The molecule has 1 aromatic carbocycles. The first-order chi connectivity index (χ1) is 9.06. The van der Waals surface area contributed by atoms with Gasteiger partial charge in [-0.05, 0) is 30.0 Å². The van der Waals surface area contributed by atoms with Gasteiger partial charge in [0.2, 0.25) is 5.91 Å². The maximum Gasteiger partial charge on any atom is 0.223 e. The van der Waals surface area contributed by atoms with E-state index in [9.17, 15) is 4.79 Å². The summed E-state index contributed by atoms with van der Waals surface area (Å²) in [6, 6.07) is 7.78. The highest BCUT2D eigenvalue weighted by Crippen LogP contribution is 2.14. The van der Waals surface area contributed by atoms with Gasteiger partial charge in [-0.3, -0.25) is 4.79 Å². The molecule has 19 heavy (non-hydrogen) atoms. The van der Waals surface area contributed by atoms with Gasteiger partial charge in [0.1, 0.15) is 0 Å². The van der Waals surface area contributed by atoms with Gasteiger partial charge in [0.15, 0.2) is 0 Å². The Morgan fingerprint density at radius 1 is 1.37 bits per heavy atom. The lowest BCUT2D eigenvalue weighted by Gasteiger charge is -2.24. The van der Waals surface area contributed by atoms with Crippen molar-refractivity contribution in [1.82, 2.24) is 4.90 Å². The number of nitrogens with two attached hydrogens (primary N) is 1. The fourth-order valence-electron chi connectivity index (χ4n) is 2.05. The molecule has 0 saturated heterocycles. The van der Waals surface area contributed by atoms with Crippen LogP contribution in [0, 0.1) is 5.92 Å². The molecular weight excluding hydrogens is 236 g/mol. The van der Waals surface area contributed by atoms with E-state index in [2.05, 4.69) is 20.8 Å². The summed E-state index contributed by atoms with van der Waals surface area (Å²) in [6.45, 7) is 7.82. The zero-order valence-corrected chi connectivity index (χ0v) is 12.4. The molecule has 1 aromatic rings. The molecule has 0 aliphatic rings. The molecule has 1 rings (SSSR count). The molecule has 0 saturated carbocycles. The van der Waals surface area contributed by atoms with Crippen molar-refractivity contribution in [2.45, 2.75) is 46.6 Å². The summed E-state index contributed by atoms with van der Waals surface area (Å²) in [4.78, 5) is 14.2. The van der Waals surface area contributed by atoms with Gasteiger partial charge >= 0.3 is 0 Å². The highest BCUT2D eigenvalue weighted by atomic mass is 16.2. The van der Waals surface area contributed by atoms with E-state index < -0.39 is 0 Å². The van der Waals surface area contributed by atoms with Crippen LogP contribution in [-0.4, -0.2) is 17.4 Å². The number of carbonyl (C=O) groups is 1. The van der Waals surface area contributed by atoms with Crippen LogP contribution in [-0.2, 0) is 11.3 Å². The first kappa shape index (κ1) is 15.5. The number of nitrogens with zero attached hydrogens (tertiary/aromatic N) is 1. The molecule has 0 aliphatic heterocycles. The van der Waals surface area contributed by atoms with Crippen molar-refractivity contribution in [3.05, 3.63) is 29.8 Å². The van der Waals surface area contributed by atoms with Crippen LogP contribution in [0.4, 0.5) is 5.69 Å². The van der Waals surface area contributed by atoms with Crippen molar-refractivity contribution >= 4 is 11.6 Å². The molecule has 0 radical (unpaired) electrons. The van der Waals surface area contributed by atoms with Gasteiger partial charge in [0.25, 0.3) is 0 Å². The van der Waals surface area contributed by atoms with Crippen molar-refractivity contribution in [1.29, 1.82) is 0 Å². The predicted octanol–water partition coefficient (Wildman–Crippen LogP) is 3.44. The second-order valence-electron chi connectivity index (χ2n) is 5.28. The summed E-state index contributed by atoms with van der Waals surface area (Å²) in [5.74, 6) is 0.700. The molecule has 106 valence electrons. The quantitative estimate of drug-likeness (QED) is 0.765. The van der Waals surface area contributed by atoms with E-state index in [1.165, 1.54) is 0 Å². The number of amides is 1. The first-order valence-corrected chi connectivity index (χ1v) is 7.19. The minimum absolute atomic E-state index is 0.249. The summed E-state index contributed by atoms with van der Waals surface area (Å²) in [5.41, 5.74) is 7.64. The van der Waals surface area contributed by atoms with E-state index in [1.54, 1.807) is 0 Å². The molecule has 1 amide bonds. The monoisotopic (exact) mass is 262 g/mol. The fraction of sp³-hybridized carbons (Fsp3) is 0.562. The van der Waals surface area contributed by atoms with Crippen LogP contribution in [0.2, 0.25) is 0 Å². The summed E-state index contributed by atoms with van der Waals surface area (Å²) in [5, 5.41) is 0. The molecule has 0 fully saturated rings. The summed E-state index contributed by atoms with van der Waals surface area (Å²) in [6.07, 6.45) is 2.66. The van der Waals surface area contributed by atoms with Gasteiger partial charge in [0, 0.05) is 25.2 Å². The van der Waals surface area contributed by atoms with E-state index in [4.69, 9.17) is 5.73 Å². The van der Waals surface area contributed by atoms with Crippen molar-refractivity contribution in [3.63, 3.8) is 0 Å². The van der Waals surface area contributed by atoms with E-state index in [0.717, 1.165) is 30.6 Å². The molecule has 0 spiro atoms. The zero-order chi connectivity index (χ0) is 14.3. The lowest BCUT2D eigenvalue weighted by atomic mass is 10.0. The molecule has 0 aliphatic carbocycles. The summed E-state index contributed by atoms with van der Waals surface area (Å²) >= 11 is 0. The zero-order valence-electron chi connectivity index (χ0n) is 12.4. The van der Waals surface area contributed by atoms with E-state index in [-0.39, 0.29) is 5.91 Å². The van der Waals surface area contributed by atoms with Crippen LogP contribution in [0.3, 0.4) is 0 Å². The van der Waals surface area contributed by atoms with Crippen molar-refractivity contribution in [3.8, 4) is 0 Å². The van der Waals surface area contributed by atoms with E-state index in [1.807, 2.05) is 29.2 Å². The Balaban J connectivity index is 2.69. The Hall–Kier alpha value is -1.51. The molecule has 0 bridgehead atoms. The highest BCUT2D eigenvalue weighted by Gasteiger charge is 2.15. The minimum Gasteiger partial charge on any atom is -0.399 e. The second kappa shape index (κ2) is 7.82. The summed E-state index contributed by atoms with van der Waals surface area (Å²) in [7, 11) is 0. The maximum absolute atomic E-state index is 12.3. The van der Waals surface area contributed by atoms with Crippen LogP contribution in [0.15, 0.2) is 24.3 Å². The molecule has 1 atom stereocenters. The normalized spacial score (nSPS) is 12.2. The van der Waals surface area contributed by atoms with Crippen LogP contribution < -0.4 is 5.73 Å². The third kappa shape index (κ3) is 5.33. The van der Waals surface area contributed by atoms with E-state index >= 15 is 0 Å².